The molecule has 1 aromatic heterocycles. The summed E-state index contributed by atoms with van der Waals surface area (Å²) in [5.41, 5.74) is 0.970. The van der Waals surface area contributed by atoms with Crippen LogP contribution in [0, 0.1) is 0 Å². The Morgan fingerprint density at radius 1 is 1.50 bits per heavy atom. The summed E-state index contributed by atoms with van der Waals surface area (Å²) in [5.74, 6) is -0.183. The monoisotopic (exact) mass is 242 g/mol. The molecule has 0 aliphatic heterocycles. The first-order chi connectivity index (χ1) is 7.71. The molecule has 0 aromatic carbocycles. The van der Waals surface area contributed by atoms with Gasteiger partial charge in [-0.15, -0.1) is 11.3 Å². The molecule has 0 amide bonds. The first-order valence-corrected chi connectivity index (χ1v) is 6.35. The number of thiazole rings is 1. The largest absolute Gasteiger partial charge is 0.469 e. The normalized spacial score (nSPS) is 10.2. The second kappa shape index (κ2) is 6.48. The van der Waals surface area contributed by atoms with Gasteiger partial charge in [0.15, 0.2) is 5.13 Å². The smallest absolute Gasteiger partial charge is 0.305 e. The standard InChI is InChI=1S/C11H18N2O2S/c1-4-13(5-2)11-12-9(8-16-11)6-7-10(14)15-3/h8H,4-7H2,1-3H3. The summed E-state index contributed by atoms with van der Waals surface area (Å²) in [4.78, 5) is 17.7. The lowest BCUT2D eigenvalue weighted by Crippen LogP contribution is -2.21. The minimum Gasteiger partial charge on any atom is -0.469 e. The van der Waals surface area contributed by atoms with Crippen LogP contribution in [-0.4, -0.2) is 31.2 Å². The zero-order valence-corrected chi connectivity index (χ0v) is 10.8. The van der Waals surface area contributed by atoms with Crippen molar-refractivity contribution in [1.29, 1.82) is 0 Å². The minimum absolute atomic E-state index is 0.183. The molecule has 90 valence electrons. The van der Waals surface area contributed by atoms with Crippen LogP contribution in [0.3, 0.4) is 0 Å². The van der Waals surface area contributed by atoms with Gasteiger partial charge in [0.2, 0.25) is 0 Å². The number of aromatic nitrogens is 1. The first-order valence-electron chi connectivity index (χ1n) is 5.47. The average Bonchev–Trinajstić information content (AvgIpc) is 2.76. The van der Waals surface area contributed by atoms with Gasteiger partial charge in [0, 0.05) is 24.9 Å². The maximum atomic E-state index is 11.0. The topological polar surface area (TPSA) is 42.4 Å². The number of aryl methyl sites for hydroxylation is 1. The summed E-state index contributed by atoms with van der Waals surface area (Å²) in [7, 11) is 1.41. The first kappa shape index (κ1) is 13.0. The Bertz CT molecular complexity index is 334. The SMILES string of the molecule is CCN(CC)c1nc(CCC(=O)OC)cs1. The van der Waals surface area contributed by atoms with Crippen molar-refractivity contribution in [1.82, 2.24) is 4.98 Å². The van der Waals surface area contributed by atoms with E-state index in [4.69, 9.17) is 0 Å². The molecule has 4 nitrogen and oxygen atoms in total. The Morgan fingerprint density at radius 3 is 2.75 bits per heavy atom. The number of ether oxygens (including phenoxy) is 1. The number of hydrogen-bond acceptors (Lipinski definition) is 5. The van der Waals surface area contributed by atoms with E-state index in [9.17, 15) is 4.79 Å². The molecule has 0 atom stereocenters. The van der Waals surface area contributed by atoms with Crippen molar-refractivity contribution in [2.24, 2.45) is 0 Å². The highest BCUT2D eigenvalue weighted by Crippen LogP contribution is 2.20. The van der Waals surface area contributed by atoms with E-state index in [2.05, 4.69) is 28.5 Å². The molecular formula is C11H18N2O2S. The van der Waals surface area contributed by atoms with Crippen LogP contribution < -0.4 is 4.90 Å². The number of rotatable bonds is 6. The number of carbonyl (C=O) groups is 1. The molecular weight excluding hydrogens is 224 g/mol. The van der Waals surface area contributed by atoms with E-state index in [1.165, 1.54) is 7.11 Å². The Labute approximate surface area is 100 Å². The Hall–Kier alpha value is -1.10. The van der Waals surface area contributed by atoms with E-state index in [0.717, 1.165) is 23.9 Å². The number of esters is 1. The third-order valence-electron chi connectivity index (χ3n) is 2.39. The summed E-state index contributed by atoms with van der Waals surface area (Å²) >= 11 is 1.63. The van der Waals surface area contributed by atoms with Gasteiger partial charge in [0.1, 0.15) is 0 Å². The molecule has 0 aliphatic carbocycles. The zero-order chi connectivity index (χ0) is 12.0. The summed E-state index contributed by atoms with van der Waals surface area (Å²) in [6, 6.07) is 0. The molecule has 0 bridgehead atoms. The van der Waals surface area contributed by atoms with E-state index in [1.807, 2.05) is 5.38 Å². The second-order valence-corrected chi connectivity index (χ2v) is 4.21. The van der Waals surface area contributed by atoms with Crippen LogP contribution in [0.15, 0.2) is 5.38 Å². The Kier molecular flexibility index (Phi) is 5.25. The summed E-state index contributed by atoms with van der Waals surface area (Å²) in [6.45, 7) is 6.14. The number of hydrogen-bond donors (Lipinski definition) is 0. The maximum absolute atomic E-state index is 11.0. The fourth-order valence-corrected chi connectivity index (χ4v) is 2.37. The lowest BCUT2D eigenvalue weighted by atomic mass is 10.2. The van der Waals surface area contributed by atoms with Crippen molar-refractivity contribution in [3.05, 3.63) is 11.1 Å². The van der Waals surface area contributed by atoms with E-state index >= 15 is 0 Å². The third-order valence-corrected chi connectivity index (χ3v) is 3.34. The second-order valence-electron chi connectivity index (χ2n) is 3.37. The van der Waals surface area contributed by atoms with Gasteiger partial charge in [0.05, 0.1) is 19.2 Å². The highest BCUT2D eigenvalue weighted by Gasteiger charge is 2.09. The van der Waals surface area contributed by atoms with Crippen molar-refractivity contribution in [3.8, 4) is 0 Å². The fraction of sp³-hybridized carbons (Fsp3) is 0.636. The summed E-state index contributed by atoms with van der Waals surface area (Å²) in [6.07, 6.45) is 1.06. The molecule has 0 spiro atoms. The summed E-state index contributed by atoms with van der Waals surface area (Å²) in [5, 5.41) is 3.04. The highest BCUT2D eigenvalue weighted by atomic mass is 32.1. The lowest BCUT2D eigenvalue weighted by Gasteiger charge is -2.16. The molecule has 0 N–H and O–H groups in total. The molecule has 0 unspecified atom stereocenters. The van der Waals surface area contributed by atoms with Crippen molar-refractivity contribution < 1.29 is 9.53 Å². The molecule has 1 heterocycles. The van der Waals surface area contributed by atoms with Gasteiger partial charge in [0.25, 0.3) is 0 Å². The lowest BCUT2D eigenvalue weighted by molar-refractivity contribution is -0.140. The number of anilines is 1. The fourth-order valence-electron chi connectivity index (χ4n) is 1.38. The van der Waals surface area contributed by atoms with Crippen LogP contribution >= 0.6 is 11.3 Å². The van der Waals surface area contributed by atoms with Crippen molar-refractivity contribution in [2.75, 3.05) is 25.1 Å². The number of methoxy groups -OCH3 is 1. The zero-order valence-electron chi connectivity index (χ0n) is 10.0. The average molecular weight is 242 g/mol. The van der Waals surface area contributed by atoms with Crippen LogP contribution in [0.1, 0.15) is 26.0 Å². The van der Waals surface area contributed by atoms with Crippen molar-refractivity contribution in [3.63, 3.8) is 0 Å². The van der Waals surface area contributed by atoms with Crippen molar-refractivity contribution >= 4 is 22.4 Å². The van der Waals surface area contributed by atoms with Crippen LogP contribution in [0.4, 0.5) is 5.13 Å². The van der Waals surface area contributed by atoms with E-state index < -0.39 is 0 Å². The van der Waals surface area contributed by atoms with Gasteiger partial charge in [-0.05, 0) is 13.8 Å². The molecule has 0 saturated heterocycles. The molecule has 0 fully saturated rings. The van der Waals surface area contributed by atoms with Gasteiger partial charge >= 0.3 is 5.97 Å². The Balaban J connectivity index is 2.54. The van der Waals surface area contributed by atoms with E-state index in [1.54, 1.807) is 11.3 Å². The molecule has 5 heteroatoms. The number of carbonyl (C=O) groups excluding carboxylic acids is 1. The van der Waals surface area contributed by atoms with Crippen LogP contribution in [0.25, 0.3) is 0 Å². The highest BCUT2D eigenvalue weighted by molar-refractivity contribution is 7.13. The third kappa shape index (κ3) is 3.48. The quantitative estimate of drug-likeness (QED) is 0.716. The molecule has 0 saturated carbocycles. The van der Waals surface area contributed by atoms with Crippen LogP contribution in [-0.2, 0) is 16.0 Å². The molecule has 16 heavy (non-hydrogen) atoms. The van der Waals surface area contributed by atoms with Gasteiger partial charge in [-0.3, -0.25) is 4.79 Å². The van der Waals surface area contributed by atoms with Gasteiger partial charge < -0.3 is 9.64 Å². The maximum Gasteiger partial charge on any atom is 0.305 e. The predicted octanol–water partition coefficient (Wildman–Crippen LogP) is 2.09. The summed E-state index contributed by atoms with van der Waals surface area (Å²) < 4.78 is 4.59. The Morgan fingerprint density at radius 2 is 2.19 bits per heavy atom. The molecule has 0 radical (unpaired) electrons. The number of nitrogens with zero attached hydrogens (tertiary/aromatic N) is 2. The minimum atomic E-state index is -0.183. The van der Waals surface area contributed by atoms with Gasteiger partial charge in [-0.25, -0.2) is 4.98 Å². The van der Waals surface area contributed by atoms with Gasteiger partial charge in [-0.1, -0.05) is 0 Å². The van der Waals surface area contributed by atoms with Crippen LogP contribution in [0.5, 0.6) is 0 Å². The van der Waals surface area contributed by atoms with E-state index in [-0.39, 0.29) is 5.97 Å². The van der Waals surface area contributed by atoms with Crippen LogP contribution in [0.2, 0.25) is 0 Å². The molecule has 1 aromatic rings. The predicted molar refractivity (Wildman–Crippen MR) is 66.0 cm³/mol. The van der Waals surface area contributed by atoms with Gasteiger partial charge in [-0.2, -0.15) is 0 Å². The van der Waals surface area contributed by atoms with E-state index in [0.29, 0.717) is 12.8 Å². The molecule has 0 aliphatic rings. The molecule has 1 rings (SSSR count). The van der Waals surface area contributed by atoms with Crippen molar-refractivity contribution in [2.45, 2.75) is 26.7 Å².